The molecule has 0 saturated carbocycles. The molecule has 2 aliphatic rings. The van der Waals surface area contributed by atoms with Crippen molar-refractivity contribution < 1.29 is 18.4 Å². The molecule has 0 bridgehead atoms. The molecule has 7 heteroatoms. The lowest BCUT2D eigenvalue weighted by Crippen LogP contribution is -2.42. The van der Waals surface area contributed by atoms with Crippen LogP contribution in [0.3, 0.4) is 0 Å². The predicted molar refractivity (Wildman–Crippen MR) is 90.0 cm³/mol. The highest BCUT2D eigenvalue weighted by Gasteiger charge is 2.48. The van der Waals surface area contributed by atoms with Gasteiger partial charge >= 0.3 is 0 Å². The number of Topliss-reactive ketones (excluding diaryl/α,β-unsaturated/α-hetero) is 1. The van der Waals surface area contributed by atoms with Gasteiger partial charge in [-0.2, -0.15) is 0 Å². The number of allylic oxidation sites excluding steroid dienone is 1. The second-order valence-corrected chi connectivity index (χ2v) is 7.95. The number of likely N-dealkylation sites (tertiary alicyclic amines) is 1. The molecule has 1 aliphatic carbocycles. The lowest BCUT2D eigenvalue weighted by Gasteiger charge is -2.39. The van der Waals surface area contributed by atoms with Gasteiger partial charge in [-0.1, -0.05) is 25.4 Å². The Labute approximate surface area is 149 Å². The standard InChI is InChI=1S/C18H19ClF2N2O2/c1-17(2)8-18(7-12(22)15(17)24)5-6-23(9-18)16(25)13-11(20)4-3-10(19)14(13)21/h3-4,7H,5-6,8-9,22H2,1-2H3/t18-/m0/s1. The van der Waals surface area contributed by atoms with E-state index in [2.05, 4.69) is 0 Å². The molecule has 1 fully saturated rings. The molecule has 1 aromatic carbocycles. The lowest BCUT2D eigenvalue weighted by molar-refractivity contribution is -0.125. The van der Waals surface area contributed by atoms with Crippen LogP contribution in [0.1, 0.15) is 37.0 Å². The minimum Gasteiger partial charge on any atom is -0.396 e. The fourth-order valence-electron chi connectivity index (χ4n) is 4.01. The number of nitrogens with zero attached hydrogens (tertiary/aromatic N) is 1. The summed E-state index contributed by atoms with van der Waals surface area (Å²) in [6, 6.07) is 2.05. The van der Waals surface area contributed by atoms with Crippen molar-refractivity contribution in [2.24, 2.45) is 16.6 Å². The molecular weight excluding hydrogens is 350 g/mol. The quantitative estimate of drug-likeness (QED) is 0.774. The van der Waals surface area contributed by atoms with E-state index in [9.17, 15) is 18.4 Å². The maximum atomic E-state index is 14.1. The topological polar surface area (TPSA) is 63.4 Å². The molecule has 134 valence electrons. The SMILES string of the molecule is CC1(C)C[C@@]2(C=C(N)C1=O)CCN(C(=O)c1c(F)ccc(Cl)c1F)C2. The van der Waals surface area contributed by atoms with E-state index in [4.69, 9.17) is 17.3 Å². The van der Waals surface area contributed by atoms with Crippen LogP contribution in [-0.4, -0.2) is 29.7 Å². The monoisotopic (exact) mass is 368 g/mol. The van der Waals surface area contributed by atoms with Crippen LogP contribution in [0.5, 0.6) is 0 Å². The molecule has 0 aromatic heterocycles. The minimum atomic E-state index is -1.05. The number of hydrogen-bond donors (Lipinski definition) is 1. The average Bonchev–Trinajstić information content (AvgIpc) is 2.92. The first-order chi connectivity index (χ1) is 11.6. The van der Waals surface area contributed by atoms with Gasteiger partial charge in [0.05, 0.1) is 10.7 Å². The van der Waals surface area contributed by atoms with Crippen molar-refractivity contribution in [3.8, 4) is 0 Å². The van der Waals surface area contributed by atoms with Crippen molar-refractivity contribution in [2.45, 2.75) is 26.7 Å². The Bertz CT molecular complexity index is 807. The summed E-state index contributed by atoms with van der Waals surface area (Å²) >= 11 is 5.68. The smallest absolute Gasteiger partial charge is 0.259 e. The van der Waals surface area contributed by atoms with E-state index < -0.39 is 33.9 Å². The predicted octanol–water partition coefficient (Wildman–Crippen LogP) is 3.29. The molecule has 1 heterocycles. The van der Waals surface area contributed by atoms with Crippen molar-refractivity contribution in [1.29, 1.82) is 0 Å². The van der Waals surface area contributed by atoms with Crippen molar-refractivity contribution in [2.75, 3.05) is 13.1 Å². The average molecular weight is 369 g/mol. The number of carbonyl (C=O) groups is 2. The summed E-state index contributed by atoms with van der Waals surface area (Å²) in [6.45, 7) is 4.22. The summed E-state index contributed by atoms with van der Waals surface area (Å²) < 4.78 is 28.1. The largest absolute Gasteiger partial charge is 0.396 e. The van der Waals surface area contributed by atoms with E-state index in [0.717, 1.165) is 12.1 Å². The second-order valence-electron chi connectivity index (χ2n) is 7.55. The first-order valence-corrected chi connectivity index (χ1v) is 8.40. The molecule has 25 heavy (non-hydrogen) atoms. The van der Waals surface area contributed by atoms with E-state index in [1.54, 1.807) is 6.08 Å². The lowest BCUT2D eigenvalue weighted by atomic mass is 9.65. The molecule has 0 unspecified atom stereocenters. The van der Waals surface area contributed by atoms with Crippen LogP contribution in [0.25, 0.3) is 0 Å². The molecule has 4 nitrogen and oxygen atoms in total. The third-order valence-corrected chi connectivity index (χ3v) is 5.35. The van der Waals surface area contributed by atoms with Gasteiger partial charge in [-0.25, -0.2) is 8.78 Å². The van der Waals surface area contributed by atoms with Crippen LogP contribution in [0.15, 0.2) is 23.9 Å². The van der Waals surface area contributed by atoms with Crippen molar-refractivity contribution >= 4 is 23.3 Å². The van der Waals surface area contributed by atoms with E-state index in [0.29, 0.717) is 19.4 Å². The maximum Gasteiger partial charge on any atom is 0.259 e. The normalized spacial score (nSPS) is 25.4. The van der Waals surface area contributed by atoms with Crippen LogP contribution < -0.4 is 5.73 Å². The molecule has 2 N–H and O–H groups in total. The van der Waals surface area contributed by atoms with Gasteiger partial charge in [-0.15, -0.1) is 0 Å². The highest BCUT2D eigenvalue weighted by molar-refractivity contribution is 6.31. The Morgan fingerprint density at radius 3 is 2.64 bits per heavy atom. The second kappa shape index (κ2) is 5.80. The van der Waals surface area contributed by atoms with Gasteiger partial charge in [0.1, 0.15) is 11.4 Å². The number of hydrogen-bond acceptors (Lipinski definition) is 3. The third-order valence-electron chi connectivity index (χ3n) is 5.06. The first-order valence-electron chi connectivity index (χ1n) is 8.02. The number of ketones is 1. The summed E-state index contributed by atoms with van der Waals surface area (Å²) in [6.07, 6.45) is 2.82. The summed E-state index contributed by atoms with van der Waals surface area (Å²) in [5, 5.41) is -0.299. The number of rotatable bonds is 1. The van der Waals surface area contributed by atoms with E-state index in [1.807, 2.05) is 13.8 Å². The van der Waals surface area contributed by atoms with E-state index in [1.165, 1.54) is 4.90 Å². The molecule has 1 spiro atoms. The van der Waals surface area contributed by atoms with Crippen LogP contribution in [0, 0.1) is 22.5 Å². The van der Waals surface area contributed by atoms with E-state index in [-0.39, 0.29) is 23.0 Å². The maximum absolute atomic E-state index is 14.1. The summed E-state index contributed by atoms with van der Waals surface area (Å²) in [7, 11) is 0. The Morgan fingerprint density at radius 1 is 1.32 bits per heavy atom. The molecule has 1 atom stereocenters. The molecule has 1 amide bonds. The molecule has 0 radical (unpaired) electrons. The molecule has 1 saturated heterocycles. The summed E-state index contributed by atoms with van der Waals surface area (Å²) in [4.78, 5) is 26.2. The first kappa shape index (κ1) is 17.9. The summed E-state index contributed by atoms with van der Waals surface area (Å²) in [5.74, 6) is -2.85. The van der Waals surface area contributed by atoms with Crippen molar-refractivity contribution in [1.82, 2.24) is 4.90 Å². The number of halogens is 3. The van der Waals surface area contributed by atoms with Gasteiger partial charge < -0.3 is 10.6 Å². The highest BCUT2D eigenvalue weighted by Crippen LogP contribution is 2.47. The van der Waals surface area contributed by atoms with Gasteiger partial charge in [0.2, 0.25) is 0 Å². The van der Waals surface area contributed by atoms with Gasteiger partial charge in [-0.3, -0.25) is 9.59 Å². The number of amides is 1. The van der Waals surface area contributed by atoms with Crippen LogP contribution >= 0.6 is 11.6 Å². The number of nitrogens with two attached hydrogens (primary N) is 1. The third kappa shape index (κ3) is 2.92. The number of carbonyl (C=O) groups excluding carboxylic acids is 2. The van der Waals surface area contributed by atoms with Crippen molar-refractivity contribution in [3.63, 3.8) is 0 Å². The van der Waals surface area contributed by atoms with Gasteiger partial charge in [0, 0.05) is 23.9 Å². The Morgan fingerprint density at radius 2 is 2.00 bits per heavy atom. The van der Waals surface area contributed by atoms with Gasteiger partial charge in [0.25, 0.3) is 5.91 Å². The van der Waals surface area contributed by atoms with E-state index >= 15 is 0 Å². The highest BCUT2D eigenvalue weighted by atomic mass is 35.5. The molecule has 1 aliphatic heterocycles. The van der Waals surface area contributed by atoms with Crippen LogP contribution in [0.2, 0.25) is 5.02 Å². The van der Waals surface area contributed by atoms with Crippen molar-refractivity contribution in [3.05, 3.63) is 46.1 Å². The molecular formula is C18H19ClF2N2O2. The zero-order chi connectivity index (χ0) is 18.6. The zero-order valence-electron chi connectivity index (χ0n) is 14.0. The van der Waals surface area contributed by atoms with Gasteiger partial charge in [-0.05, 0) is 31.1 Å². The fraction of sp³-hybridized carbons (Fsp3) is 0.444. The summed E-state index contributed by atoms with van der Waals surface area (Å²) in [5.41, 5.74) is 4.33. The van der Waals surface area contributed by atoms with Gasteiger partial charge in [0.15, 0.2) is 11.6 Å². The Kier molecular flexibility index (Phi) is 4.14. The Balaban J connectivity index is 1.90. The zero-order valence-corrected chi connectivity index (χ0v) is 14.8. The fourth-order valence-corrected chi connectivity index (χ4v) is 4.17. The van der Waals surface area contributed by atoms with Crippen LogP contribution in [0.4, 0.5) is 8.78 Å². The Hall–Kier alpha value is -1.95. The molecule has 3 rings (SSSR count). The minimum absolute atomic E-state index is 0.116. The molecule has 1 aromatic rings. The van der Waals surface area contributed by atoms with Crippen LogP contribution in [-0.2, 0) is 4.79 Å². The number of benzene rings is 1.